The monoisotopic (exact) mass is 238 g/mol. The van der Waals surface area contributed by atoms with Crippen LogP contribution in [-0.2, 0) is 0 Å². The molecule has 5 heteroatoms. The van der Waals surface area contributed by atoms with Gasteiger partial charge in [-0.1, -0.05) is 33.0 Å². The highest BCUT2D eigenvalue weighted by molar-refractivity contribution is 7.80. The minimum Gasteiger partial charge on any atom is -0.388 e. The first-order valence-electron chi connectivity index (χ1n) is 5.25. The van der Waals surface area contributed by atoms with Gasteiger partial charge in [0.25, 0.3) is 0 Å². The summed E-state index contributed by atoms with van der Waals surface area (Å²) in [5.74, 6) is 0.666. The fourth-order valence-electron chi connectivity index (χ4n) is 1.20. The normalized spacial score (nSPS) is 11.2. The molecule has 0 saturated heterocycles. The summed E-state index contributed by atoms with van der Waals surface area (Å²) in [6.45, 7) is 7.41. The summed E-state index contributed by atoms with van der Waals surface area (Å²) in [5, 5.41) is 3.21. The van der Waals surface area contributed by atoms with Crippen LogP contribution in [0.3, 0.4) is 0 Å². The molecule has 4 nitrogen and oxygen atoms in total. The SMILES string of the molecule is CC(C)(C)CCNc1nccnc1C(N)=S. The molecule has 0 atom stereocenters. The van der Waals surface area contributed by atoms with Crippen molar-refractivity contribution in [2.24, 2.45) is 11.1 Å². The molecule has 0 unspecified atom stereocenters. The summed E-state index contributed by atoms with van der Waals surface area (Å²) in [5.41, 5.74) is 6.41. The summed E-state index contributed by atoms with van der Waals surface area (Å²) in [4.78, 5) is 8.55. The van der Waals surface area contributed by atoms with Gasteiger partial charge in [0, 0.05) is 18.9 Å². The van der Waals surface area contributed by atoms with Crippen molar-refractivity contribution in [2.75, 3.05) is 11.9 Å². The molecule has 1 aromatic heterocycles. The molecule has 0 amide bonds. The van der Waals surface area contributed by atoms with Crippen molar-refractivity contribution in [3.05, 3.63) is 18.1 Å². The lowest BCUT2D eigenvalue weighted by atomic mass is 9.92. The van der Waals surface area contributed by atoms with E-state index < -0.39 is 0 Å². The van der Waals surface area contributed by atoms with Crippen LogP contribution in [0.5, 0.6) is 0 Å². The molecule has 0 spiro atoms. The minimum atomic E-state index is 0.270. The van der Waals surface area contributed by atoms with Gasteiger partial charge in [0.15, 0.2) is 5.82 Å². The van der Waals surface area contributed by atoms with Gasteiger partial charge in [0.05, 0.1) is 0 Å². The molecule has 0 aromatic carbocycles. The average Bonchev–Trinajstić information content (AvgIpc) is 2.16. The van der Waals surface area contributed by atoms with Crippen molar-refractivity contribution in [2.45, 2.75) is 27.2 Å². The molecule has 0 aliphatic rings. The first-order chi connectivity index (χ1) is 7.40. The lowest BCUT2D eigenvalue weighted by Gasteiger charge is -2.18. The summed E-state index contributed by atoms with van der Waals surface area (Å²) in [6.07, 6.45) is 4.25. The highest BCUT2D eigenvalue weighted by atomic mass is 32.1. The smallest absolute Gasteiger partial charge is 0.155 e. The van der Waals surface area contributed by atoms with E-state index in [2.05, 4.69) is 36.1 Å². The molecule has 1 heterocycles. The maximum Gasteiger partial charge on any atom is 0.155 e. The van der Waals surface area contributed by atoms with Crippen LogP contribution < -0.4 is 11.1 Å². The Morgan fingerprint density at radius 2 is 2.00 bits per heavy atom. The van der Waals surface area contributed by atoms with Crippen LogP contribution in [0, 0.1) is 5.41 Å². The first-order valence-corrected chi connectivity index (χ1v) is 5.66. The van der Waals surface area contributed by atoms with Crippen LogP contribution in [0.2, 0.25) is 0 Å². The van der Waals surface area contributed by atoms with Gasteiger partial charge in [-0.2, -0.15) is 0 Å². The van der Waals surface area contributed by atoms with Crippen LogP contribution in [0.1, 0.15) is 32.9 Å². The van der Waals surface area contributed by atoms with Gasteiger partial charge in [-0.05, 0) is 11.8 Å². The van der Waals surface area contributed by atoms with Gasteiger partial charge in [-0.25, -0.2) is 9.97 Å². The molecular weight excluding hydrogens is 220 g/mol. The Bertz CT molecular complexity index is 370. The molecule has 0 aliphatic carbocycles. The largest absolute Gasteiger partial charge is 0.388 e. The zero-order valence-electron chi connectivity index (χ0n) is 9.95. The van der Waals surface area contributed by atoms with E-state index in [1.54, 1.807) is 12.4 Å². The number of nitrogens with two attached hydrogens (primary N) is 1. The molecule has 0 radical (unpaired) electrons. The third kappa shape index (κ3) is 4.10. The number of hydrogen-bond donors (Lipinski definition) is 2. The second-order valence-electron chi connectivity index (χ2n) is 4.86. The Hall–Kier alpha value is -1.23. The van der Waals surface area contributed by atoms with Crippen molar-refractivity contribution in [1.29, 1.82) is 0 Å². The topological polar surface area (TPSA) is 63.8 Å². The quantitative estimate of drug-likeness (QED) is 0.785. The number of rotatable bonds is 4. The summed E-state index contributed by atoms with van der Waals surface area (Å²) in [7, 11) is 0. The van der Waals surface area contributed by atoms with Gasteiger partial charge in [0.2, 0.25) is 0 Å². The third-order valence-electron chi connectivity index (χ3n) is 2.10. The summed E-state index contributed by atoms with van der Waals surface area (Å²) < 4.78 is 0. The van der Waals surface area contributed by atoms with Gasteiger partial charge in [0.1, 0.15) is 10.7 Å². The van der Waals surface area contributed by atoms with E-state index in [4.69, 9.17) is 18.0 Å². The second-order valence-corrected chi connectivity index (χ2v) is 5.30. The Morgan fingerprint density at radius 1 is 1.38 bits per heavy atom. The highest BCUT2D eigenvalue weighted by Gasteiger charge is 2.11. The van der Waals surface area contributed by atoms with E-state index in [1.165, 1.54) is 0 Å². The Balaban J connectivity index is 2.64. The lowest BCUT2D eigenvalue weighted by molar-refractivity contribution is 0.389. The predicted octanol–water partition coefficient (Wildman–Crippen LogP) is 1.96. The van der Waals surface area contributed by atoms with E-state index in [1.807, 2.05) is 0 Å². The summed E-state index contributed by atoms with van der Waals surface area (Å²) >= 11 is 4.91. The van der Waals surface area contributed by atoms with E-state index >= 15 is 0 Å². The zero-order chi connectivity index (χ0) is 12.2. The molecule has 0 saturated carbocycles. The van der Waals surface area contributed by atoms with Crippen LogP contribution >= 0.6 is 12.2 Å². The van der Waals surface area contributed by atoms with E-state index in [0.717, 1.165) is 13.0 Å². The Morgan fingerprint density at radius 3 is 2.56 bits per heavy atom. The molecule has 0 aliphatic heterocycles. The van der Waals surface area contributed by atoms with Crippen molar-refractivity contribution < 1.29 is 0 Å². The van der Waals surface area contributed by atoms with Crippen LogP contribution in [0.4, 0.5) is 5.82 Å². The molecule has 88 valence electrons. The number of nitrogens with zero attached hydrogens (tertiary/aromatic N) is 2. The fraction of sp³-hybridized carbons (Fsp3) is 0.545. The molecule has 16 heavy (non-hydrogen) atoms. The maximum atomic E-state index is 5.56. The third-order valence-corrected chi connectivity index (χ3v) is 2.29. The van der Waals surface area contributed by atoms with Crippen molar-refractivity contribution in [3.8, 4) is 0 Å². The molecule has 0 fully saturated rings. The number of aromatic nitrogens is 2. The number of anilines is 1. The number of thiocarbonyl (C=S) groups is 1. The van der Waals surface area contributed by atoms with E-state index in [-0.39, 0.29) is 4.99 Å². The van der Waals surface area contributed by atoms with Gasteiger partial charge >= 0.3 is 0 Å². The Labute approximate surface area is 102 Å². The predicted molar refractivity (Wildman–Crippen MR) is 70.5 cm³/mol. The number of nitrogens with one attached hydrogen (secondary N) is 1. The van der Waals surface area contributed by atoms with Gasteiger partial charge in [-0.3, -0.25) is 0 Å². The first kappa shape index (κ1) is 12.8. The maximum absolute atomic E-state index is 5.56. The van der Waals surface area contributed by atoms with Crippen molar-refractivity contribution >= 4 is 23.0 Å². The molecule has 1 rings (SSSR count). The lowest BCUT2D eigenvalue weighted by Crippen LogP contribution is -2.18. The zero-order valence-corrected chi connectivity index (χ0v) is 10.8. The second kappa shape index (κ2) is 5.21. The van der Waals surface area contributed by atoms with Gasteiger partial charge < -0.3 is 11.1 Å². The fourth-order valence-corrected chi connectivity index (χ4v) is 1.35. The standard InChI is InChI=1S/C11H18N4S/c1-11(2,3)4-5-14-10-8(9(12)16)13-6-7-15-10/h6-7H,4-5H2,1-3H3,(H2,12,16)(H,14,15). The summed E-state index contributed by atoms with van der Waals surface area (Å²) in [6, 6.07) is 0. The molecule has 0 bridgehead atoms. The minimum absolute atomic E-state index is 0.270. The van der Waals surface area contributed by atoms with Crippen molar-refractivity contribution in [3.63, 3.8) is 0 Å². The molecular formula is C11H18N4S. The number of hydrogen-bond acceptors (Lipinski definition) is 4. The van der Waals surface area contributed by atoms with E-state index in [9.17, 15) is 0 Å². The van der Waals surface area contributed by atoms with E-state index in [0.29, 0.717) is 16.9 Å². The highest BCUT2D eigenvalue weighted by Crippen LogP contribution is 2.18. The average molecular weight is 238 g/mol. The van der Waals surface area contributed by atoms with Gasteiger partial charge in [-0.15, -0.1) is 0 Å². The van der Waals surface area contributed by atoms with Crippen molar-refractivity contribution in [1.82, 2.24) is 9.97 Å². The molecule has 1 aromatic rings. The van der Waals surface area contributed by atoms with Crippen LogP contribution in [-0.4, -0.2) is 21.5 Å². The van der Waals surface area contributed by atoms with Crippen LogP contribution in [0.25, 0.3) is 0 Å². The molecule has 3 N–H and O–H groups in total. The van der Waals surface area contributed by atoms with Crippen LogP contribution in [0.15, 0.2) is 12.4 Å². The Kier molecular flexibility index (Phi) is 4.18.